The number of benzene rings is 2. The molecule has 2 aromatic carbocycles. The molecule has 0 saturated heterocycles. The smallest absolute Gasteiger partial charge is 0.416 e. The van der Waals surface area contributed by atoms with E-state index in [1.54, 1.807) is 18.2 Å². The number of ether oxygens (including phenoxy) is 1. The van der Waals surface area contributed by atoms with E-state index in [2.05, 4.69) is 0 Å². The fraction of sp³-hybridized carbons (Fsp3) is 0.188. The first-order valence-corrected chi connectivity index (χ1v) is 8.87. The minimum Gasteiger partial charge on any atom is -0.426 e. The van der Waals surface area contributed by atoms with Crippen LogP contribution in [0.2, 0.25) is 0 Å². The molecule has 0 aromatic heterocycles. The van der Waals surface area contributed by atoms with E-state index < -0.39 is 34.2 Å². The third-order valence-corrected chi connectivity index (χ3v) is 3.55. The van der Waals surface area contributed by atoms with Crippen molar-refractivity contribution in [3.8, 4) is 5.75 Å². The SMILES string of the molecule is CS(=O)(=O)Nc1cc(CC(=O)Oc2ccccc2)cc(C(F)(F)F)c1. The number of hydrogen-bond acceptors (Lipinski definition) is 4. The predicted molar refractivity (Wildman–Crippen MR) is 85.7 cm³/mol. The molecule has 0 saturated carbocycles. The molecule has 0 atom stereocenters. The van der Waals surface area contributed by atoms with Crippen LogP contribution >= 0.6 is 0 Å². The largest absolute Gasteiger partial charge is 0.426 e. The Bertz CT molecular complexity index is 865. The van der Waals surface area contributed by atoms with Crippen molar-refractivity contribution < 1.29 is 31.1 Å². The van der Waals surface area contributed by atoms with Gasteiger partial charge >= 0.3 is 12.1 Å². The van der Waals surface area contributed by atoms with Crippen molar-refractivity contribution in [3.05, 3.63) is 59.7 Å². The van der Waals surface area contributed by atoms with E-state index >= 15 is 0 Å². The highest BCUT2D eigenvalue weighted by atomic mass is 32.2. The molecule has 25 heavy (non-hydrogen) atoms. The first-order chi connectivity index (χ1) is 11.5. The molecule has 0 aliphatic rings. The van der Waals surface area contributed by atoms with Gasteiger partial charge in [-0.1, -0.05) is 18.2 Å². The van der Waals surface area contributed by atoms with Crippen LogP contribution in [0.25, 0.3) is 0 Å². The summed E-state index contributed by atoms with van der Waals surface area (Å²) in [5, 5.41) is 0. The second kappa shape index (κ2) is 7.14. The Morgan fingerprint density at radius 1 is 1.12 bits per heavy atom. The lowest BCUT2D eigenvalue weighted by Gasteiger charge is -2.13. The molecule has 134 valence electrons. The van der Waals surface area contributed by atoms with Crippen LogP contribution in [-0.4, -0.2) is 20.6 Å². The van der Waals surface area contributed by atoms with Crippen molar-refractivity contribution in [1.29, 1.82) is 0 Å². The molecule has 0 aliphatic heterocycles. The van der Waals surface area contributed by atoms with Crippen LogP contribution in [0.15, 0.2) is 48.5 Å². The Morgan fingerprint density at radius 3 is 2.32 bits per heavy atom. The van der Waals surface area contributed by atoms with E-state index in [1.807, 2.05) is 4.72 Å². The second-order valence-corrected chi connectivity index (χ2v) is 7.00. The summed E-state index contributed by atoms with van der Waals surface area (Å²) in [6, 6.07) is 10.6. The normalized spacial score (nSPS) is 11.8. The van der Waals surface area contributed by atoms with Crippen molar-refractivity contribution in [2.75, 3.05) is 11.0 Å². The maximum absolute atomic E-state index is 13.0. The van der Waals surface area contributed by atoms with E-state index in [-0.39, 0.29) is 17.0 Å². The molecular weight excluding hydrogens is 359 g/mol. The minimum absolute atomic E-state index is 0.0260. The standard InChI is InChI=1S/C16H14F3NO4S/c1-25(22,23)20-13-8-11(7-12(10-13)16(17,18)19)9-15(21)24-14-5-3-2-4-6-14/h2-8,10,20H,9H2,1H3. The van der Waals surface area contributed by atoms with Gasteiger partial charge in [0, 0.05) is 5.69 Å². The number of alkyl halides is 3. The highest BCUT2D eigenvalue weighted by Crippen LogP contribution is 2.32. The molecule has 0 bridgehead atoms. The molecule has 0 amide bonds. The average molecular weight is 373 g/mol. The van der Waals surface area contributed by atoms with Gasteiger partial charge in [-0.05, 0) is 35.9 Å². The van der Waals surface area contributed by atoms with Gasteiger partial charge < -0.3 is 4.74 Å². The zero-order chi connectivity index (χ0) is 18.7. The summed E-state index contributed by atoms with van der Waals surface area (Å²) in [6.07, 6.45) is -4.32. The molecule has 0 aliphatic carbocycles. The molecule has 0 heterocycles. The Labute approximate surface area is 142 Å². The third kappa shape index (κ3) is 6.11. The fourth-order valence-electron chi connectivity index (χ4n) is 2.05. The van der Waals surface area contributed by atoms with Crippen LogP contribution in [-0.2, 0) is 27.4 Å². The molecule has 0 spiro atoms. The Kier molecular flexibility index (Phi) is 5.36. The monoisotopic (exact) mass is 373 g/mol. The summed E-state index contributed by atoms with van der Waals surface area (Å²) < 4.78 is 68.4. The molecule has 5 nitrogen and oxygen atoms in total. The van der Waals surface area contributed by atoms with Gasteiger partial charge in [0.15, 0.2) is 0 Å². The summed E-state index contributed by atoms with van der Waals surface area (Å²) in [5.74, 6) is -0.509. The van der Waals surface area contributed by atoms with Crippen molar-refractivity contribution in [1.82, 2.24) is 0 Å². The van der Waals surface area contributed by atoms with Gasteiger partial charge in [-0.3, -0.25) is 9.52 Å². The van der Waals surface area contributed by atoms with Crippen molar-refractivity contribution in [2.24, 2.45) is 0 Å². The van der Waals surface area contributed by atoms with Crippen molar-refractivity contribution >= 4 is 21.7 Å². The Hall–Kier alpha value is -2.55. The van der Waals surface area contributed by atoms with Gasteiger partial charge in [0.05, 0.1) is 18.2 Å². The number of esters is 1. The number of rotatable bonds is 5. The maximum atomic E-state index is 13.0. The number of anilines is 1. The van der Waals surface area contributed by atoms with Crippen molar-refractivity contribution in [2.45, 2.75) is 12.6 Å². The summed E-state index contributed by atoms with van der Waals surface area (Å²) in [5.41, 5.74) is -1.37. The van der Waals surface area contributed by atoms with E-state index in [0.717, 1.165) is 18.4 Å². The van der Waals surface area contributed by atoms with Crippen LogP contribution < -0.4 is 9.46 Å². The van der Waals surface area contributed by atoms with Gasteiger partial charge in [-0.15, -0.1) is 0 Å². The lowest BCUT2D eigenvalue weighted by atomic mass is 10.1. The number of sulfonamides is 1. The van der Waals surface area contributed by atoms with Crippen LogP contribution in [0.5, 0.6) is 5.75 Å². The summed E-state index contributed by atoms with van der Waals surface area (Å²) in [6.45, 7) is 0. The lowest BCUT2D eigenvalue weighted by Crippen LogP contribution is -2.15. The molecular formula is C16H14F3NO4S. The maximum Gasteiger partial charge on any atom is 0.416 e. The van der Waals surface area contributed by atoms with Gasteiger partial charge in [0.2, 0.25) is 10.0 Å². The first-order valence-electron chi connectivity index (χ1n) is 6.97. The first kappa shape index (κ1) is 18.8. The quantitative estimate of drug-likeness (QED) is 0.645. The van der Waals surface area contributed by atoms with E-state index in [1.165, 1.54) is 12.1 Å². The number of nitrogens with one attached hydrogen (secondary N) is 1. The summed E-state index contributed by atoms with van der Waals surface area (Å²) >= 11 is 0. The van der Waals surface area contributed by atoms with Gasteiger partial charge in [-0.2, -0.15) is 13.2 Å². The minimum atomic E-state index is -4.69. The van der Waals surface area contributed by atoms with Crippen LogP contribution in [0.1, 0.15) is 11.1 Å². The second-order valence-electron chi connectivity index (χ2n) is 5.25. The number of carbonyl (C=O) groups is 1. The molecule has 1 N–H and O–H groups in total. The average Bonchev–Trinajstić information content (AvgIpc) is 2.45. The van der Waals surface area contributed by atoms with Crippen LogP contribution in [0, 0.1) is 0 Å². The highest BCUT2D eigenvalue weighted by Gasteiger charge is 2.31. The summed E-state index contributed by atoms with van der Waals surface area (Å²) in [4.78, 5) is 11.9. The zero-order valence-electron chi connectivity index (χ0n) is 13.0. The number of carbonyl (C=O) groups excluding carboxylic acids is 1. The van der Waals surface area contributed by atoms with Crippen molar-refractivity contribution in [3.63, 3.8) is 0 Å². The van der Waals surface area contributed by atoms with Gasteiger partial charge in [0.1, 0.15) is 5.75 Å². The molecule has 2 rings (SSSR count). The fourth-order valence-corrected chi connectivity index (χ4v) is 2.60. The molecule has 9 heteroatoms. The van der Waals surface area contributed by atoms with E-state index in [9.17, 15) is 26.4 Å². The van der Waals surface area contributed by atoms with E-state index in [4.69, 9.17) is 4.74 Å². The summed E-state index contributed by atoms with van der Waals surface area (Å²) in [7, 11) is -3.77. The van der Waals surface area contributed by atoms with Crippen LogP contribution in [0.3, 0.4) is 0 Å². The lowest BCUT2D eigenvalue weighted by molar-refractivity contribution is -0.138. The molecule has 0 radical (unpaired) electrons. The predicted octanol–water partition coefficient (Wildman–Crippen LogP) is 3.23. The number of hydrogen-bond donors (Lipinski definition) is 1. The van der Waals surface area contributed by atoms with Crippen LogP contribution in [0.4, 0.5) is 18.9 Å². The zero-order valence-corrected chi connectivity index (χ0v) is 13.8. The number of halogens is 3. The highest BCUT2D eigenvalue weighted by molar-refractivity contribution is 7.92. The third-order valence-electron chi connectivity index (χ3n) is 2.95. The van der Waals surface area contributed by atoms with Gasteiger partial charge in [-0.25, -0.2) is 8.42 Å². The van der Waals surface area contributed by atoms with E-state index in [0.29, 0.717) is 6.07 Å². The Balaban J connectivity index is 2.26. The topological polar surface area (TPSA) is 72.5 Å². The number of para-hydroxylation sites is 1. The van der Waals surface area contributed by atoms with Gasteiger partial charge in [0.25, 0.3) is 0 Å². The molecule has 0 fully saturated rings. The Morgan fingerprint density at radius 2 is 1.76 bits per heavy atom. The molecule has 0 unspecified atom stereocenters. The molecule has 2 aromatic rings.